The Hall–Kier alpha value is -2.90. The molecule has 2 aromatic carbocycles. The average Bonchev–Trinajstić information content (AvgIpc) is 3.18. The zero-order chi connectivity index (χ0) is 20.1. The zero-order valence-corrected chi connectivity index (χ0v) is 16.8. The Labute approximate surface area is 171 Å². The predicted octanol–water partition coefficient (Wildman–Crippen LogP) is 4.23. The fraction of sp³-hybridized carbons (Fsp3) is 0.150. The van der Waals surface area contributed by atoms with Gasteiger partial charge in [0.1, 0.15) is 0 Å². The molecule has 0 bridgehead atoms. The molecule has 3 rings (SSSR count). The Kier molecular flexibility index (Phi) is 6.28. The molecule has 1 amide bonds. The van der Waals surface area contributed by atoms with Crippen molar-refractivity contribution in [2.24, 2.45) is 0 Å². The number of rotatable bonds is 6. The van der Waals surface area contributed by atoms with Gasteiger partial charge in [-0.05, 0) is 36.3 Å². The van der Waals surface area contributed by atoms with Crippen molar-refractivity contribution in [1.82, 2.24) is 15.5 Å². The van der Waals surface area contributed by atoms with Gasteiger partial charge in [-0.2, -0.15) is 0 Å². The second-order valence-electron chi connectivity index (χ2n) is 6.00. The summed E-state index contributed by atoms with van der Waals surface area (Å²) in [6, 6.07) is 12.8. The Balaban J connectivity index is 1.67. The maximum atomic E-state index is 12.3. The van der Waals surface area contributed by atoms with Crippen LogP contribution in [-0.2, 0) is 6.54 Å². The Morgan fingerprint density at radius 1 is 1.21 bits per heavy atom. The number of ether oxygens (including phenoxy) is 1. The fourth-order valence-electron chi connectivity index (χ4n) is 2.38. The maximum absolute atomic E-state index is 12.3. The van der Waals surface area contributed by atoms with Crippen LogP contribution >= 0.6 is 22.9 Å². The maximum Gasteiger partial charge on any atom is 0.282 e. The van der Waals surface area contributed by atoms with Gasteiger partial charge in [-0.1, -0.05) is 58.8 Å². The highest BCUT2D eigenvalue weighted by Gasteiger charge is 2.14. The molecule has 28 heavy (non-hydrogen) atoms. The van der Waals surface area contributed by atoms with E-state index in [-0.39, 0.29) is 16.7 Å². The van der Waals surface area contributed by atoms with Crippen molar-refractivity contribution < 1.29 is 14.6 Å². The van der Waals surface area contributed by atoms with Crippen molar-refractivity contribution in [2.45, 2.75) is 13.5 Å². The van der Waals surface area contributed by atoms with Gasteiger partial charge in [0, 0.05) is 6.54 Å². The third kappa shape index (κ3) is 4.88. The van der Waals surface area contributed by atoms with Crippen molar-refractivity contribution in [3.63, 3.8) is 0 Å². The van der Waals surface area contributed by atoms with Gasteiger partial charge in [0.15, 0.2) is 16.5 Å². The molecule has 0 spiro atoms. The number of methoxy groups -OCH3 is 1. The van der Waals surface area contributed by atoms with Gasteiger partial charge >= 0.3 is 0 Å². The number of amides is 1. The van der Waals surface area contributed by atoms with E-state index in [2.05, 4.69) is 15.5 Å². The summed E-state index contributed by atoms with van der Waals surface area (Å²) in [4.78, 5) is 12.3. The van der Waals surface area contributed by atoms with Crippen LogP contribution in [0.4, 0.5) is 0 Å². The molecule has 0 unspecified atom stereocenters. The van der Waals surface area contributed by atoms with Crippen molar-refractivity contribution in [2.75, 3.05) is 7.11 Å². The molecule has 0 aliphatic heterocycles. The molecule has 8 heteroatoms. The Morgan fingerprint density at radius 2 is 1.93 bits per heavy atom. The normalized spacial score (nSPS) is 11.3. The van der Waals surface area contributed by atoms with Gasteiger partial charge in [-0.25, -0.2) is 0 Å². The second-order valence-corrected chi connectivity index (χ2v) is 7.39. The molecule has 0 saturated heterocycles. The Bertz CT molecular complexity index is 1020. The van der Waals surface area contributed by atoms with Crippen LogP contribution in [0.25, 0.3) is 11.1 Å². The molecule has 144 valence electrons. The van der Waals surface area contributed by atoms with Crippen LogP contribution in [-0.4, -0.2) is 28.3 Å². The van der Waals surface area contributed by atoms with E-state index in [1.54, 1.807) is 18.2 Å². The highest BCUT2D eigenvalue weighted by atomic mass is 35.5. The molecular formula is C20H18ClN3O3S. The predicted molar refractivity (Wildman–Crippen MR) is 111 cm³/mol. The van der Waals surface area contributed by atoms with Crippen molar-refractivity contribution in [1.29, 1.82) is 0 Å². The van der Waals surface area contributed by atoms with Crippen LogP contribution in [0.15, 0.2) is 42.5 Å². The quantitative estimate of drug-likeness (QED) is 0.629. The van der Waals surface area contributed by atoms with Gasteiger partial charge in [0.2, 0.25) is 5.01 Å². The minimum absolute atomic E-state index is 0.00847. The Morgan fingerprint density at radius 3 is 2.61 bits per heavy atom. The summed E-state index contributed by atoms with van der Waals surface area (Å²) in [5.41, 5.74) is 2.83. The number of aryl methyl sites for hydroxylation is 1. The molecule has 2 N–H and O–H groups in total. The summed E-state index contributed by atoms with van der Waals surface area (Å²) in [5.74, 6) is 0.0711. The molecular weight excluding hydrogens is 398 g/mol. The molecule has 0 aliphatic carbocycles. The van der Waals surface area contributed by atoms with Crippen LogP contribution in [0.3, 0.4) is 0 Å². The summed E-state index contributed by atoms with van der Waals surface area (Å²) in [5, 5.41) is 21.5. The number of aromatic nitrogens is 2. The molecule has 3 aromatic rings. The average molecular weight is 416 g/mol. The first-order chi connectivity index (χ1) is 13.5. The summed E-state index contributed by atoms with van der Waals surface area (Å²) in [6.07, 6.45) is 1.63. The van der Waals surface area contributed by atoms with E-state index in [0.717, 1.165) is 22.5 Å². The second kappa shape index (κ2) is 8.86. The number of benzene rings is 2. The SMILES string of the molecule is COc1ccc(C=C(Cl)c2nnc(C(=O)NCc3ccc(C)cc3)s2)cc1O. The van der Waals surface area contributed by atoms with E-state index < -0.39 is 0 Å². The molecule has 0 atom stereocenters. The molecule has 0 saturated carbocycles. The fourth-order valence-corrected chi connectivity index (χ4v) is 3.33. The van der Waals surface area contributed by atoms with E-state index in [1.807, 2.05) is 31.2 Å². The number of nitrogens with zero attached hydrogens (tertiary/aromatic N) is 2. The van der Waals surface area contributed by atoms with Crippen LogP contribution in [0.1, 0.15) is 31.5 Å². The van der Waals surface area contributed by atoms with Gasteiger partial charge in [-0.3, -0.25) is 4.79 Å². The number of phenolic OH excluding ortho intramolecular Hbond substituents is 1. The van der Waals surface area contributed by atoms with Crippen molar-refractivity contribution in [3.05, 3.63) is 69.2 Å². The molecule has 1 heterocycles. The number of carbonyl (C=O) groups is 1. The first-order valence-corrected chi connectivity index (χ1v) is 9.57. The lowest BCUT2D eigenvalue weighted by atomic mass is 10.1. The lowest BCUT2D eigenvalue weighted by Gasteiger charge is -2.03. The minimum Gasteiger partial charge on any atom is -0.504 e. The molecule has 0 aliphatic rings. The largest absolute Gasteiger partial charge is 0.504 e. The van der Waals surface area contributed by atoms with E-state index in [9.17, 15) is 9.90 Å². The topological polar surface area (TPSA) is 84.3 Å². The van der Waals surface area contributed by atoms with Gasteiger partial charge < -0.3 is 15.2 Å². The first-order valence-electron chi connectivity index (χ1n) is 8.38. The number of aromatic hydroxyl groups is 1. The standard InChI is InChI=1S/C20H18ClN3O3S/c1-12-3-5-13(6-4-12)11-22-18(26)20-24-23-19(28-20)15(21)9-14-7-8-17(27-2)16(25)10-14/h3-10,25H,11H2,1-2H3,(H,22,26). The third-order valence-electron chi connectivity index (χ3n) is 3.89. The number of halogens is 1. The van der Waals surface area contributed by atoms with E-state index in [1.165, 1.54) is 13.2 Å². The smallest absolute Gasteiger partial charge is 0.282 e. The number of nitrogens with one attached hydrogen (secondary N) is 1. The van der Waals surface area contributed by atoms with E-state index in [0.29, 0.717) is 27.9 Å². The molecule has 0 radical (unpaired) electrons. The molecule has 0 fully saturated rings. The van der Waals surface area contributed by atoms with Crippen LogP contribution in [0.5, 0.6) is 11.5 Å². The van der Waals surface area contributed by atoms with Crippen LogP contribution in [0, 0.1) is 6.92 Å². The highest BCUT2D eigenvalue weighted by molar-refractivity contribution is 7.15. The summed E-state index contributed by atoms with van der Waals surface area (Å²) < 4.78 is 5.01. The van der Waals surface area contributed by atoms with E-state index in [4.69, 9.17) is 16.3 Å². The van der Waals surface area contributed by atoms with Crippen LogP contribution in [0.2, 0.25) is 0 Å². The van der Waals surface area contributed by atoms with Crippen LogP contribution < -0.4 is 10.1 Å². The number of phenols is 1. The van der Waals surface area contributed by atoms with E-state index >= 15 is 0 Å². The zero-order valence-electron chi connectivity index (χ0n) is 15.3. The number of hydrogen-bond donors (Lipinski definition) is 2. The first kappa shape index (κ1) is 19.9. The molecule has 1 aromatic heterocycles. The lowest BCUT2D eigenvalue weighted by molar-refractivity contribution is 0.0950. The highest BCUT2D eigenvalue weighted by Crippen LogP contribution is 2.30. The summed E-state index contributed by atoms with van der Waals surface area (Å²) in [7, 11) is 1.48. The summed E-state index contributed by atoms with van der Waals surface area (Å²) >= 11 is 7.39. The monoisotopic (exact) mass is 415 g/mol. The number of hydrogen-bond acceptors (Lipinski definition) is 6. The summed E-state index contributed by atoms with van der Waals surface area (Å²) in [6.45, 7) is 2.42. The van der Waals surface area contributed by atoms with Gasteiger partial charge in [0.05, 0.1) is 12.1 Å². The van der Waals surface area contributed by atoms with Crippen molar-refractivity contribution >= 4 is 40.0 Å². The third-order valence-corrected chi connectivity index (χ3v) is 5.25. The lowest BCUT2D eigenvalue weighted by Crippen LogP contribution is -2.22. The molecule has 6 nitrogen and oxygen atoms in total. The van der Waals surface area contributed by atoms with Gasteiger partial charge in [0.25, 0.3) is 5.91 Å². The number of carbonyl (C=O) groups excluding carboxylic acids is 1. The van der Waals surface area contributed by atoms with Gasteiger partial charge in [-0.15, -0.1) is 10.2 Å². The van der Waals surface area contributed by atoms with Crippen molar-refractivity contribution in [3.8, 4) is 11.5 Å². The minimum atomic E-state index is -0.309.